The van der Waals surface area contributed by atoms with E-state index in [2.05, 4.69) is 24.0 Å². The standard InChI is InChI=1S/C17H18ClNO2/c1-11(19(2)3)12-5-4-6-13(9-12)15-8-7-14(17(20)21)10-16(15)18/h4-11H,1-3H3,(H,20,21)/t11-/m0/s1. The van der Waals surface area contributed by atoms with Gasteiger partial charge in [0.15, 0.2) is 0 Å². The summed E-state index contributed by atoms with van der Waals surface area (Å²) >= 11 is 6.23. The second-order valence-electron chi connectivity index (χ2n) is 5.26. The number of benzene rings is 2. The summed E-state index contributed by atoms with van der Waals surface area (Å²) in [5.74, 6) is -0.974. The predicted molar refractivity (Wildman–Crippen MR) is 85.9 cm³/mol. The van der Waals surface area contributed by atoms with Gasteiger partial charge in [0.25, 0.3) is 0 Å². The highest BCUT2D eigenvalue weighted by atomic mass is 35.5. The Morgan fingerprint density at radius 1 is 1.19 bits per heavy atom. The zero-order valence-corrected chi connectivity index (χ0v) is 13.1. The van der Waals surface area contributed by atoms with Crippen molar-refractivity contribution in [1.82, 2.24) is 4.90 Å². The number of carboxylic acids is 1. The molecule has 4 heteroatoms. The molecule has 0 amide bonds. The molecule has 0 aromatic heterocycles. The second kappa shape index (κ2) is 6.29. The van der Waals surface area contributed by atoms with Crippen molar-refractivity contribution in [2.45, 2.75) is 13.0 Å². The van der Waals surface area contributed by atoms with E-state index in [0.717, 1.165) is 11.1 Å². The molecule has 0 aliphatic carbocycles. The van der Waals surface area contributed by atoms with Crippen molar-refractivity contribution in [2.75, 3.05) is 14.1 Å². The first-order valence-electron chi connectivity index (χ1n) is 6.69. The molecular formula is C17H18ClNO2. The summed E-state index contributed by atoms with van der Waals surface area (Å²) in [6, 6.07) is 13.2. The Labute approximate surface area is 129 Å². The van der Waals surface area contributed by atoms with Crippen LogP contribution >= 0.6 is 11.6 Å². The highest BCUT2D eigenvalue weighted by Crippen LogP contribution is 2.31. The molecule has 1 N–H and O–H groups in total. The largest absolute Gasteiger partial charge is 0.478 e. The predicted octanol–water partition coefficient (Wildman–Crippen LogP) is 4.33. The van der Waals surface area contributed by atoms with E-state index in [-0.39, 0.29) is 5.56 Å². The fraction of sp³-hybridized carbons (Fsp3) is 0.235. The molecule has 110 valence electrons. The Balaban J connectivity index is 2.43. The van der Waals surface area contributed by atoms with Crippen LogP contribution in [0.4, 0.5) is 0 Å². The first kappa shape index (κ1) is 15.5. The molecule has 0 saturated carbocycles. The Morgan fingerprint density at radius 3 is 2.48 bits per heavy atom. The minimum Gasteiger partial charge on any atom is -0.478 e. The summed E-state index contributed by atoms with van der Waals surface area (Å²) in [5, 5.41) is 9.43. The number of hydrogen-bond donors (Lipinski definition) is 1. The molecule has 0 spiro atoms. The third kappa shape index (κ3) is 3.43. The molecule has 0 unspecified atom stereocenters. The van der Waals surface area contributed by atoms with Gasteiger partial charge in [0.2, 0.25) is 0 Å². The van der Waals surface area contributed by atoms with E-state index in [9.17, 15) is 4.79 Å². The number of carboxylic acid groups (broad SMARTS) is 1. The molecule has 0 radical (unpaired) electrons. The lowest BCUT2D eigenvalue weighted by Crippen LogP contribution is -2.16. The summed E-state index contributed by atoms with van der Waals surface area (Å²) < 4.78 is 0. The second-order valence-corrected chi connectivity index (χ2v) is 5.67. The molecule has 21 heavy (non-hydrogen) atoms. The van der Waals surface area contributed by atoms with Crippen molar-refractivity contribution in [3.8, 4) is 11.1 Å². The normalized spacial score (nSPS) is 12.4. The van der Waals surface area contributed by atoms with Gasteiger partial charge in [-0.1, -0.05) is 35.9 Å². The fourth-order valence-electron chi connectivity index (χ4n) is 2.15. The van der Waals surface area contributed by atoms with Crippen LogP contribution in [0.2, 0.25) is 5.02 Å². The number of aromatic carboxylic acids is 1. The van der Waals surface area contributed by atoms with Gasteiger partial charge in [0.1, 0.15) is 0 Å². The van der Waals surface area contributed by atoms with Crippen molar-refractivity contribution in [1.29, 1.82) is 0 Å². The van der Waals surface area contributed by atoms with Gasteiger partial charge in [0.05, 0.1) is 5.56 Å². The number of carbonyl (C=O) groups is 1. The first-order valence-corrected chi connectivity index (χ1v) is 7.07. The molecule has 2 aromatic carbocycles. The van der Waals surface area contributed by atoms with Gasteiger partial charge in [-0.2, -0.15) is 0 Å². The number of rotatable bonds is 4. The molecule has 0 aliphatic heterocycles. The van der Waals surface area contributed by atoms with Crippen LogP contribution in [0.3, 0.4) is 0 Å². The van der Waals surface area contributed by atoms with Crippen LogP contribution in [0.25, 0.3) is 11.1 Å². The first-order chi connectivity index (χ1) is 9.90. The van der Waals surface area contributed by atoms with E-state index in [4.69, 9.17) is 16.7 Å². The molecule has 0 fully saturated rings. The highest BCUT2D eigenvalue weighted by molar-refractivity contribution is 6.33. The van der Waals surface area contributed by atoms with Crippen LogP contribution in [0, 0.1) is 0 Å². The summed E-state index contributed by atoms with van der Waals surface area (Å²) in [4.78, 5) is 13.1. The number of nitrogens with zero attached hydrogens (tertiary/aromatic N) is 1. The molecule has 0 aliphatic rings. The maximum absolute atomic E-state index is 11.0. The van der Waals surface area contributed by atoms with Crippen LogP contribution in [0.1, 0.15) is 28.9 Å². The fourth-order valence-corrected chi connectivity index (χ4v) is 2.44. The van der Waals surface area contributed by atoms with Crippen molar-refractivity contribution in [3.63, 3.8) is 0 Å². The van der Waals surface area contributed by atoms with Crippen molar-refractivity contribution < 1.29 is 9.90 Å². The Morgan fingerprint density at radius 2 is 1.90 bits per heavy atom. The molecule has 0 heterocycles. The molecule has 1 atom stereocenters. The lowest BCUT2D eigenvalue weighted by Gasteiger charge is -2.20. The van der Waals surface area contributed by atoms with Gasteiger partial charge in [-0.25, -0.2) is 4.79 Å². The van der Waals surface area contributed by atoms with Crippen molar-refractivity contribution >= 4 is 17.6 Å². The molecule has 2 rings (SSSR count). The van der Waals surface area contributed by atoms with Gasteiger partial charge in [-0.05, 0) is 50.3 Å². The molecule has 0 bridgehead atoms. The van der Waals surface area contributed by atoms with Crippen molar-refractivity contribution in [3.05, 3.63) is 58.6 Å². The Kier molecular flexibility index (Phi) is 4.66. The van der Waals surface area contributed by atoms with E-state index in [1.165, 1.54) is 11.6 Å². The van der Waals surface area contributed by atoms with E-state index in [0.29, 0.717) is 11.1 Å². The minimum atomic E-state index is -0.974. The topological polar surface area (TPSA) is 40.5 Å². The minimum absolute atomic E-state index is 0.196. The van der Waals surface area contributed by atoms with E-state index < -0.39 is 5.97 Å². The SMILES string of the molecule is C[C@@H](c1cccc(-c2ccc(C(=O)O)cc2Cl)c1)N(C)C. The van der Waals surface area contributed by atoms with E-state index >= 15 is 0 Å². The van der Waals surface area contributed by atoms with Gasteiger partial charge in [-0.15, -0.1) is 0 Å². The monoisotopic (exact) mass is 303 g/mol. The Bertz CT molecular complexity index is 668. The van der Waals surface area contributed by atoms with Gasteiger partial charge in [0, 0.05) is 16.6 Å². The zero-order chi connectivity index (χ0) is 15.6. The average molecular weight is 304 g/mol. The van der Waals surface area contributed by atoms with Gasteiger partial charge < -0.3 is 10.0 Å². The van der Waals surface area contributed by atoms with Crippen LogP contribution in [0.5, 0.6) is 0 Å². The van der Waals surface area contributed by atoms with Crippen molar-refractivity contribution in [2.24, 2.45) is 0 Å². The quantitative estimate of drug-likeness (QED) is 0.914. The third-order valence-electron chi connectivity index (χ3n) is 3.67. The Hall–Kier alpha value is -1.84. The average Bonchev–Trinajstić information content (AvgIpc) is 2.46. The van der Waals surface area contributed by atoms with Crippen LogP contribution in [-0.2, 0) is 0 Å². The van der Waals surface area contributed by atoms with Gasteiger partial charge in [-0.3, -0.25) is 0 Å². The van der Waals surface area contributed by atoms with E-state index in [1.807, 2.05) is 26.2 Å². The molecule has 0 saturated heterocycles. The smallest absolute Gasteiger partial charge is 0.335 e. The number of halogens is 1. The zero-order valence-electron chi connectivity index (χ0n) is 12.3. The summed E-state index contributed by atoms with van der Waals surface area (Å²) in [6.07, 6.45) is 0. The number of hydrogen-bond acceptors (Lipinski definition) is 2. The molecule has 2 aromatic rings. The summed E-state index contributed by atoms with van der Waals surface area (Å²) in [6.45, 7) is 2.13. The van der Waals surface area contributed by atoms with Gasteiger partial charge >= 0.3 is 5.97 Å². The summed E-state index contributed by atoms with van der Waals surface area (Å²) in [7, 11) is 4.07. The maximum atomic E-state index is 11.0. The molecule has 3 nitrogen and oxygen atoms in total. The van der Waals surface area contributed by atoms with Crippen LogP contribution in [-0.4, -0.2) is 30.1 Å². The van der Waals surface area contributed by atoms with Crippen LogP contribution in [0.15, 0.2) is 42.5 Å². The van der Waals surface area contributed by atoms with Crippen LogP contribution < -0.4 is 0 Å². The molecular weight excluding hydrogens is 286 g/mol. The third-order valence-corrected chi connectivity index (χ3v) is 3.98. The van der Waals surface area contributed by atoms with E-state index in [1.54, 1.807) is 12.1 Å². The maximum Gasteiger partial charge on any atom is 0.335 e. The lowest BCUT2D eigenvalue weighted by molar-refractivity contribution is 0.0697. The lowest BCUT2D eigenvalue weighted by atomic mass is 9.99. The summed E-state index contributed by atoms with van der Waals surface area (Å²) in [5.41, 5.74) is 3.22. The highest BCUT2D eigenvalue weighted by Gasteiger charge is 2.12.